The SMILES string of the molecule is CCC/C=C/CC(O)C(=O)OC(CC(=O)O)C[N+](C)(C)C. The molecule has 0 saturated heterocycles. The van der Waals surface area contributed by atoms with Gasteiger partial charge in [0, 0.05) is 6.42 Å². The van der Waals surface area contributed by atoms with Crippen molar-refractivity contribution < 1.29 is 29.0 Å². The van der Waals surface area contributed by atoms with Gasteiger partial charge in [-0.2, -0.15) is 0 Å². The van der Waals surface area contributed by atoms with E-state index >= 15 is 0 Å². The van der Waals surface area contributed by atoms with Crippen molar-refractivity contribution >= 4 is 11.9 Å². The smallest absolute Gasteiger partial charge is 0.335 e. The average Bonchev–Trinajstić information content (AvgIpc) is 2.31. The van der Waals surface area contributed by atoms with Gasteiger partial charge in [0.1, 0.15) is 6.54 Å². The highest BCUT2D eigenvalue weighted by Gasteiger charge is 2.27. The summed E-state index contributed by atoms with van der Waals surface area (Å²) < 4.78 is 5.61. The standard InChI is InChI=1S/C15H27NO5/c1-5-6-7-8-9-13(17)15(20)21-12(10-14(18)19)11-16(2,3)4/h7-8,12-13,17H,5-6,9-11H2,1-4H3/p+1/b8-7+. The molecule has 2 N–H and O–H groups in total. The first-order valence-electron chi connectivity index (χ1n) is 7.21. The lowest BCUT2D eigenvalue weighted by molar-refractivity contribution is -0.873. The second-order valence-corrected chi connectivity index (χ2v) is 6.14. The molecule has 0 fully saturated rings. The molecular weight excluding hydrogens is 274 g/mol. The second-order valence-electron chi connectivity index (χ2n) is 6.14. The van der Waals surface area contributed by atoms with Gasteiger partial charge in [-0.3, -0.25) is 4.79 Å². The van der Waals surface area contributed by atoms with Crippen molar-refractivity contribution in [3.05, 3.63) is 12.2 Å². The molecule has 0 spiro atoms. The molecular formula is C15H28NO5+. The molecule has 6 nitrogen and oxygen atoms in total. The fourth-order valence-corrected chi connectivity index (χ4v) is 1.80. The van der Waals surface area contributed by atoms with Crippen LogP contribution in [0.25, 0.3) is 0 Å². The Morgan fingerprint density at radius 2 is 1.86 bits per heavy atom. The minimum atomic E-state index is -1.25. The van der Waals surface area contributed by atoms with E-state index < -0.39 is 24.1 Å². The molecule has 0 aliphatic carbocycles. The summed E-state index contributed by atoms with van der Waals surface area (Å²) in [4.78, 5) is 22.6. The van der Waals surface area contributed by atoms with E-state index in [9.17, 15) is 14.7 Å². The number of likely N-dealkylation sites (N-methyl/N-ethyl adjacent to an activating group) is 1. The van der Waals surface area contributed by atoms with Crippen LogP contribution in [-0.2, 0) is 14.3 Å². The fraction of sp³-hybridized carbons (Fsp3) is 0.733. The Morgan fingerprint density at radius 1 is 1.24 bits per heavy atom. The van der Waals surface area contributed by atoms with Crippen molar-refractivity contribution in [2.45, 2.75) is 44.8 Å². The number of aliphatic hydroxyl groups excluding tert-OH is 1. The molecule has 0 bridgehead atoms. The lowest BCUT2D eigenvalue weighted by Gasteiger charge is -2.28. The number of aliphatic hydroxyl groups is 1. The number of carboxylic acids is 1. The highest BCUT2D eigenvalue weighted by atomic mass is 16.6. The number of hydrogen-bond acceptors (Lipinski definition) is 4. The molecule has 0 aromatic heterocycles. The van der Waals surface area contributed by atoms with E-state index in [0.29, 0.717) is 11.0 Å². The van der Waals surface area contributed by atoms with Crippen molar-refractivity contribution in [1.82, 2.24) is 0 Å². The Labute approximate surface area is 126 Å². The highest BCUT2D eigenvalue weighted by molar-refractivity contribution is 5.75. The first-order chi connectivity index (χ1) is 9.65. The Bertz CT molecular complexity index is 360. The van der Waals surface area contributed by atoms with Crippen LogP contribution in [0.15, 0.2) is 12.2 Å². The molecule has 0 saturated carbocycles. The van der Waals surface area contributed by atoms with Crippen LogP contribution in [0.4, 0.5) is 0 Å². The molecule has 0 aliphatic rings. The zero-order valence-corrected chi connectivity index (χ0v) is 13.4. The molecule has 0 aromatic rings. The van der Waals surface area contributed by atoms with Crippen LogP contribution in [0, 0.1) is 0 Å². The van der Waals surface area contributed by atoms with Crippen LogP contribution in [0.1, 0.15) is 32.6 Å². The molecule has 21 heavy (non-hydrogen) atoms. The summed E-state index contributed by atoms with van der Waals surface area (Å²) in [7, 11) is 5.64. The van der Waals surface area contributed by atoms with Crippen molar-refractivity contribution in [3.8, 4) is 0 Å². The summed E-state index contributed by atoms with van der Waals surface area (Å²) in [5.74, 6) is -1.80. The van der Waals surface area contributed by atoms with E-state index in [-0.39, 0.29) is 12.8 Å². The van der Waals surface area contributed by atoms with Crippen molar-refractivity contribution in [1.29, 1.82) is 0 Å². The van der Waals surface area contributed by atoms with Crippen LogP contribution in [0.5, 0.6) is 0 Å². The van der Waals surface area contributed by atoms with E-state index in [0.717, 1.165) is 12.8 Å². The summed E-state index contributed by atoms with van der Waals surface area (Å²) in [6, 6.07) is 0. The van der Waals surface area contributed by atoms with Gasteiger partial charge in [-0.25, -0.2) is 4.79 Å². The molecule has 2 unspecified atom stereocenters. The number of nitrogens with zero attached hydrogens (tertiary/aromatic N) is 1. The Hall–Kier alpha value is -1.40. The number of esters is 1. The number of quaternary nitrogens is 1. The number of ether oxygens (including phenoxy) is 1. The van der Waals surface area contributed by atoms with E-state index in [1.807, 2.05) is 34.1 Å². The summed E-state index contributed by atoms with van der Waals surface area (Å²) in [5.41, 5.74) is 0. The normalized spacial score (nSPS) is 14.9. The van der Waals surface area contributed by atoms with Gasteiger partial charge in [-0.15, -0.1) is 0 Å². The average molecular weight is 302 g/mol. The lowest BCUT2D eigenvalue weighted by atomic mass is 10.2. The van der Waals surface area contributed by atoms with Crippen molar-refractivity contribution in [2.24, 2.45) is 0 Å². The van der Waals surface area contributed by atoms with E-state index in [4.69, 9.17) is 9.84 Å². The van der Waals surface area contributed by atoms with Gasteiger partial charge in [-0.1, -0.05) is 25.5 Å². The third-order valence-electron chi connectivity index (χ3n) is 2.69. The number of carbonyl (C=O) groups is 2. The van der Waals surface area contributed by atoms with E-state index in [1.54, 1.807) is 6.08 Å². The third-order valence-corrected chi connectivity index (χ3v) is 2.69. The maximum Gasteiger partial charge on any atom is 0.335 e. The maximum atomic E-state index is 11.8. The monoisotopic (exact) mass is 302 g/mol. The zero-order chi connectivity index (χ0) is 16.5. The van der Waals surface area contributed by atoms with Gasteiger partial charge < -0.3 is 19.4 Å². The van der Waals surface area contributed by atoms with Crippen molar-refractivity contribution in [3.63, 3.8) is 0 Å². The molecule has 0 heterocycles. The summed E-state index contributed by atoms with van der Waals surface area (Å²) in [5, 5.41) is 18.6. The van der Waals surface area contributed by atoms with Crippen LogP contribution >= 0.6 is 0 Å². The topological polar surface area (TPSA) is 83.8 Å². The first-order valence-corrected chi connectivity index (χ1v) is 7.21. The van der Waals surface area contributed by atoms with Gasteiger partial charge in [0.2, 0.25) is 0 Å². The molecule has 0 amide bonds. The zero-order valence-electron chi connectivity index (χ0n) is 13.4. The molecule has 6 heteroatoms. The largest absolute Gasteiger partial charge is 0.481 e. The Morgan fingerprint density at radius 3 is 2.33 bits per heavy atom. The number of hydrogen-bond donors (Lipinski definition) is 2. The van der Waals surface area contributed by atoms with Gasteiger partial charge in [0.05, 0.1) is 27.6 Å². The fourth-order valence-electron chi connectivity index (χ4n) is 1.80. The van der Waals surface area contributed by atoms with E-state index in [2.05, 4.69) is 0 Å². The maximum absolute atomic E-state index is 11.8. The first kappa shape index (κ1) is 19.6. The van der Waals surface area contributed by atoms with Crippen LogP contribution in [0.2, 0.25) is 0 Å². The number of carboxylic acid groups (broad SMARTS) is 1. The summed E-state index contributed by atoms with van der Waals surface area (Å²) >= 11 is 0. The van der Waals surface area contributed by atoms with E-state index in [1.165, 1.54) is 0 Å². The van der Waals surface area contributed by atoms with Gasteiger partial charge in [-0.05, 0) is 6.42 Å². The van der Waals surface area contributed by atoms with Crippen molar-refractivity contribution in [2.75, 3.05) is 27.7 Å². The molecule has 122 valence electrons. The third kappa shape index (κ3) is 11.0. The molecule has 0 radical (unpaired) electrons. The number of allylic oxidation sites excluding steroid dienone is 1. The summed E-state index contributed by atoms with van der Waals surface area (Å²) in [6.07, 6.45) is 3.46. The number of carbonyl (C=O) groups excluding carboxylic acids is 1. The minimum absolute atomic E-state index is 0.184. The highest BCUT2D eigenvalue weighted by Crippen LogP contribution is 2.08. The Balaban J connectivity index is 4.46. The quantitative estimate of drug-likeness (QED) is 0.360. The predicted molar refractivity (Wildman–Crippen MR) is 79.7 cm³/mol. The Kier molecular flexibility index (Phi) is 8.89. The number of rotatable bonds is 10. The molecule has 0 aliphatic heterocycles. The second kappa shape index (κ2) is 9.52. The minimum Gasteiger partial charge on any atom is -0.481 e. The van der Waals surface area contributed by atoms with Gasteiger partial charge in [0.15, 0.2) is 12.2 Å². The van der Waals surface area contributed by atoms with Crippen LogP contribution in [0.3, 0.4) is 0 Å². The molecule has 0 rings (SSSR count). The number of unbranched alkanes of at least 4 members (excludes halogenated alkanes) is 1. The van der Waals surface area contributed by atoms with Gasteiger partial charge >= 0.3 is 11.9 Å². The number of aliphatic carboxylic acids is 1. The summed E-state index contributed by atoms with van der Waals surface area (Å²) in [6.45, 7) is 2.41. The van der Waals surface area contributed by atoms with Crippen LogP contribution in [-0.4, -0.2) is 66.5 Å². The van der Waals surface area contributed by atoms with Gasteiger partial charge in [0.25, 0.3) is 0 Å². The molecule has 0 aromatic carbocycles. The molecule has 2 atom stereocenters. The predicted octanol–water partition coefficient (Wildman–Crippen LogP) is 1.19. The lowest BCUT2D eigenvalue weighted by Crippen LogP contribution is -2.44. The van der Waals surface area contributed by atoms with Crippen LogP contribution < -0.4 is 0 Å².